The van der Waals surface area contributed by atoms with E-state index in [9.17, 15) is 0 Å². The average molecular weight is 236 g/mol. The van der Waals surface area contributed by atoms with Crippen molar-refractivity contribution in [3.63, 3.8) is 0 Å². The summed E-state index contributed by atoms with van der Waals surface area (Å²) in [4.78, 5) is 4.27. The number of halogens is 1. The van der Waals surface area contributed by atoms with Gasteiger partial charge in [-0.15, -0.1) is 0 Å². The van der Waals surface area contributed by atoms with Crippen LogP contribution in [0.25, 0.3) is 5.82 Å². The van der Waals surface area contributed by atoms with Gasteiger partial charge in [0.1, 0.15) is 11.9 Å². The number of rotatable bonds is 1. The van der Waals surface area contributed by atoms with Gasteiger partial charge in [0.25, 0.3) is 0 Å². The number of anilines is 1. The van der Waals surface area contributed by atoms with E-state index < -0.39 is 0 Å². The van der Waals surface area contributed by atoms with Crippen LogP contribution in [0.1, 0.15) is 11.1 Å². The van der Waals surface area contributed by atoms with Gasteiger partial charge < -0.3 is 18.1 Å². The van der Waals surface area contributed by atoms with Crippen LogP contribution < -0.4 is 22.7 Å². The summed E-state index contributed by atoms with van der Waals surface area (Å²) in [6, 6.07) is 5.81. The maximum absolute atomic E-state index is 5.87. The Morgan fingerprint density at radius 1 is 1.19 bits per heavy atom. The van der Waals surface area contributed by atoms with E-state index in [0.717, 1.165) is 5.82 Å². The third kappa shape index (κ3) is 2.49. The molecule has 4 heteroatoms. The van der Waals surface area contributed by atoms with Crippen LogP contribution in [0.5, 0.6) is 0 Å². The lowest BCUT2D eigenvalue weighted by atomic mass is 10.2. The average Bonchev–Trinajstić information content (AvgIpc) is 2.16. The first kappa shape index (κ1) is 12.5. The van der Waals surface area contributed by atoms with Crippen molar-refractivity contribution < 1.29 is 17.0 Å². The fourth-order valence-corrected chi connectivity index (χ4v) is 1.66. The van der Waals surface area contributed by atoms with Crippen LogP contribution in [0.3, 0.4) is 0 Å². The van der Waals surface area contributed by atoms with Gasteiger partial charge in [-0.2, -0.15) is 0 Å². The Morgan fingerprint density at radius 2 is 1.81 bits per heavy atom. The van der Waals surface area contributed by atoms with Crippen LogP contribution in [0.2, 0.25) is 0 Å². The summed E-state index contributed by atoms with van der Waals surface area (Å²) in [5.41, 5.74) is 8.95. The highest BCUT2D eigenvalue weighted by Crippen LogP contribution is 2.07. The molecule has 0 spiro atoms. The third-order valence-electron chi connectivity index (χ3n) is 2.20. The molecule has 0 saturated carbocycles. The molecule has 2 aromatic rings. The molecule has 0 radical (unpaired) electrons. The smallest absolute Gasteiger partial charge is 0.350 e. The maximum Gasteiger partial charge on any atom is 0.350 e. The van der Waals surface area contributed by atoms with Crippen molar-refractivity contribution in [2.24, 2.45) is 0 Å². The van der Waals surface area contributed by atoms with Gasteiger partial charge in [-0.3, -0.25) is 0 Å². The molecule has 0 atom stereocenters. The highest BCUT2D eigenvalue weighted by Gasteiger charge is 2.11. The van der Waals surface area contributed by atoms with Crippen molar-refractivity contribution in [1.82, 2.24) is 4.98 Å². The minimum Gasteiger partial charge on any atom is -1.00 e. The van der Waals surface area contributed by atoms with Crippen LogP contribution in [-0.4, -0.2) is 4.98 Å². The molecule has 2 rings (SSSR count). The Hall–Kier alpha value is -1.61. The van der Waals surface area contributed by atoms with Crippen molar-refractivity contribution in [3.05, 3.63) is 47.9 Å². The molecule has 3 nitrogen and oxygen atoms in total. The predicted octanol–water partition coefficient (Wildman–Crippen LogP) is -1.44. The summed E-state index contributed by atoms with van der Waals surface area (Å²) < 4.78 is 1.96. The Morgan fingerprint density at radius 3 is 2.38 bits per heavy atom. The molecule has 2 aromatic heterocycles. The molecule has 0 saturated heterocycles. The molecule has 0 bridgehead atoms. The topological polar surface area (TPSA) is 42.8 Å². The van der Waals surface area contributed by atoms with Gasteiger partial charge in [-0.25, -0.2) is 4.57 Å². The number of nitrogens with two attached hydrogens (primary N) is 1. The summed E-state index contributed by atoms with van der Waals surface area (Å²) in [7, 11) is 0. The van der Waals surface area contributed by atoms with E-state index in [4.69, 9.17) is 5.73 Å². The number of nitrogen functional groups attached to an aromatic ring is 1. The van der Waals surface area contributed by atoms with E-state index in [1.54, 1.807) is 6.20 Å². The SMILES string of the molecule is Cc1cc(C)c[n+](-c2ncccc2N)c1.[Cl-]. The second-order valence-corrected chi connectivity index (χ2v) is 3.71. The van der Waals surface area contributed by atoms with E-state index in [1.807, 2.05) is 29.1 Å². The number of aromatic nitrogens is 2. The lowest BCUT2D eigenvalue weighted by molar-refractivity contribution is -0.599. The van der Waals surface area contributed by atoms with Gasteiger partial charge >= 0.3 is 5.82 Å². The Bertz CT molecular complexity index is 477. The highest BCUT2D eigenvalue weighted by atomic mass is 35.5. The fraction of sp³-hybridized carbons (Fsp3) is 0.167. The van der Waals surface area contributed by atoms with Crippen molar-refractivity contribution in [1.29, 1.82) is 0 Å². The predicted molar refractivity (Wildman–Crippen MR) is 59.7 cm³/mol. The molecule has 0 amide bonds. The van der Waals surface area contributed by atoms with Crippen molar-refractivity contribution >= 4 is 5.69 Å². The largest absolute Gasteiger partial charge is 1.00 e. The molecule has 0 fully saturated rings. The lowest BCUT2D eigenvalue weighted by Gasteiger charge is -2.01. The first-order valence-electron chi connectivity index (χ1n) is 4.87. The number of hydrogen-bond donors (Lipinski definition) is 1. The van der Waals surface area contributed by atoms with Gasteiger partial charge in [0.2, 0.25) is 0 Å². The van der Waals surface area contributed by atoms with Crippen LogP contribution in [-0.2, 0) is 0 Å². The van der Waals surface area contributed by atoms with E-state index in [-0.39, 0.29) is 12.4 Å². The first-order valence-corrected chi connectivity index (χ1v) is 4.87. The summed E-state index contributed by atoms with van der Waals surface area (Å²) >= 11 is 0. The van der Waals surface area contributed by atoms with Crippen molar-refractivity contribution in [3.8, 4) is 5.82 Å². The summed E-state index contributed by atoms with van der Waals surface area (Å²) in [5, 5.41) is 0. The fourth-order valence-electron chi connectivity index (χ4n) is 1.66. The van der Waals surface area contributed by atoms with Crippen molar-refractivity contribution in [2.45, 2.75) is 13.8 Å². The molecule has 0 aliphatic rings. The standard InChI is InChI=1S/C12H14N3.ClH/c1-9-6-10(2)8-15(7-9)12-11(13)4-3-5-14-12;/h3-8H,13H2,1-2H3;1H/q+1;/p-1. The van der Waals surface area contributed by atoms with Crippen LogP contribution in [0, 0.1) is 13.8 Å². The normalized spacial score (nSPS) is 9.62. The zero-order valence-corrected chi connectivity index (χ0v) is 10.1. The Labute approximate surface area is 101 Å². The Balaban J connectivity index is 0.00000128. The molecule has 16 heavy (non-hydrogen) atoms. The van der Waals surface area contributed by atoms with Gasteiger partial charge in [0.15, 0.2) is 0 Å². The van der Waals surface area contributed by atoms with E-state index in [0.29, 0.717) is 5.69 Å². The molecular formula is C12H14ClN3. The van der Waals surface area contributed by atoms with Gasteiger partial charge in [-0.1, -0.05) is 0 Å². The van der Waals surface area contributed by atoms with Crippen LogP contribution in [0.15, 0.2) is 36.8 Å². The molecule has 0 aliphatic carbocycles. The molecule has 2 N–H and O–H groups in total. The zero-order chi connectivity index (χ0) is 10.8. The van der Waals surface area contributed by atoms with E-state index in [2.05, 4.69) is 24.9 Å². The molecule has 0 unspecified atom stereocenters. The lowest BCUT2D eigenvalue weighted by Crippen LogP contribution is -3.00. The van der Waals surface area contributed by atoms with Crippen molar-refractivity contribution in [2.75, 3.05) is 5.73 Å². The van der Waals surface area contributed by atoms with Crippen LogP contribution >= 0.6 is 0 Å². The second-order valence-electron chi connectivity index (χ2n) is 3.71. The summed E-state index contributed by atoms with van der Waals surface area (Å²) in [6.45, 7) is 4.12. The quantitative estimate of drug-likeness (QED) is 0.616. The maximum atomic E-state index is 5.87. The minimum atomic E-state index is 0. The van der Waals surface area contributed by atoms with Gasteiger partial charge in [0.05, 0.1) is 12.4 Å². The van der Waals surface area contributed by atoms with Gasteiger partial charge in [0, 0.05) is 0 Å². The summed E-state index contributed by atoms with van der Waals surface area (Å²) in [5.74, 6) is 0.782. The molecule has 2 heterocycles. The molecular weight excluding hydrogens is 222 g/mol. The molecule has 0 aromatic carbocycles. The van der Waals surface area contributed by atoms with E-state index in [1.165, 1.54) is 11.1 Å². The number of nitrogens with zero attached hydrogens (tertiary/aromatic N) is 2. The number of pyridine rings is 2. The Kier molecular flexibility index (Phi) is 3.85. The monoisotopic (exact) mass is 235 g/mol. The first-order chi connectivity index (χ1) is 7.16. The van der Waals surface area contributed by atoms with E-state index >= 15 is 0 Å². The minimum absolute atomic E-state index is 0. The number of hydrogen-bond acceptors (Lipinski definition) is 2. The molecule has 84 valence electrons. The second kappa shape index (κ2) is 4.94. The highest BCUT2D eigenvalue weighted by molar-refractivity contribution is 5.47. The zero-order valence-electron chi connectivity index (χ0n) is 9.31. The summed E-state index contributed by atoms with van der Waals surface area (Å²) in [6.07, 6.45) is 5.79. The van der Waals surface area contributed by atoms with Gasteiger partial charge in [-0.05, 0) is 48.2 Å². The van der Waals surface area contributed by atoms with Crippen LogP contribution in [0.4, 0.5) is 5.69 Å². The molecule has 0 aliphatic heterocycles. The number of aryl methyl sites for hydroxylation is 2. The third-order valence-corrected chi connectivity index (χ3v) is 2.20.